The molecule has 1 atom stereocenters. The molecular formula is C27H29N3O4S. The molecule has 0 saturated heterocycles. The van der Waals surface area contributed by atoms with Crippen LogP contribution in [0.3, 0.4) is 0 Å². The predicted octanol–water partition coefficient (Wildman–Crippen LogP) is 4.93. The Morgan fingerprint density at radius 1 is 1.11 bits per heavy atom. The Hall–Kier alpha value is -3.52. The summed E-state index contributed by atoms with van der Waals surface area (Å²) in [5.74, 6) is 0.102. The highest BCUT2D eigenvalue weighted by molar-refractivity contribution is 8.16. The average molecular weight is 492 g/mol. The molecule has 7 nitrogen and oxygen atoms in total. The molecule has 1 N–H and O–H groups in total. The highest BCUT2D eigenvalue weighted by atomic mass is 32.2. The first-order valence-electron chi connectivity index (χ1n) is 11.5. The number of nitrogens with one attached hydrogen (secondary N) is 1. The number of carbonyl (C=O) groups excluding carboxylic acids is 2. The van der Waals surface area contributed by atoms with E-state index in [1.54, 1.807) is 7.11 Å². The van der Waals surface area contributed by atoms with Gasteiger partial charge in [-0.2, -0.15) is 0 Å². The van der Waals surface area contributed by atoms with Gasteiger partial charge in [-0.05, 0) is 37.8 Å². The van der Waals surface area contributed by atoms with E-state index in [-0.39, 0.29) is 18.4 Å². The molecule has 8 heteroatoms. The second-order valence-electron chi connectivity index (χ2n) is 8.53. The van der Waals surface area contributed by atoms with E-state index in [9.17, 15) is 9.59 Å². The summed E-state index contributed by atoms with van der Waals surface area (Å²) in [6.07, 6.45) is -0.131. The zero-order chi connectivity index (χ0) is 24.9. The lowest BCUT2D eigenvalue weighted by molar-refractivity contribution is -0.143. The molecule has 2 aromatic rings. The zero-order valence-corrected chi connectivity index (χ0v) is 21.1. The van der Waals surface area contributed by atoms with Crippen LogP contribution in [0.4, 0.5) is 0 Å². The minimum atomic E-state index is -0.534. The van der Waals surface area contributed by atoms with Crippen LogP contribution in [-0.2, 0) is 20.9 Å². The Morgan fingerprint density at radius 3 is 2.54 bits per heavy atom. The van der Waals surface area contributed by atoms with Crippen molar-refractivity contribution >= 4 is 28.8 Å². The Bertz CT molecular complexity index is 1200. The lowest BCUT2D eigenvalue weighted by Crippen LogP contribution is -2.38. The van der Waals surface area contributed by atoms with E-state index < -0.39 is 12.0 Å². The number of amidine groups is 1. The minimum Gasteiger partial charge on any atom is -0.496 e. The summed E-state index contributed by atoms with van der Waals surface area (Å²) < 4.78 is 11.2. The number of esters is 1. The van der Waals surface area contributed by atoms with Gasteiger partial charge in [0.05, 0.1) is 36.9 Å². The summed E-state index contributed by atoms with van der Waals surface area (Å²) >= 11 is 1.44. The Kier molecular flexibility index (Phi) is 7.60. The summed E-state index contributed by atoms with van der Waals surface area (Å²) in [4.78, 5) is 32.8. The fourth-order valence-corrected chi connectivity index (χ4v) is 5.08. The molecule has 0 saturated carbocycles. The number of ether oxygens (including phenoxy) is 2. The lowest BCUT2D eigenvalue weighted by Gasteiger charge is -2.37. The van der Waals surface area contributed by atoms with Crippen molar-refractivity contribution < 1.29 is 19.1 Å². The van der Waals surface area contributed by atoms with Gasteiger partial charge in [-0.1, -0.05) is 60.3 Å². The number of aliphatic imine (C=N–C) groups is 1. The second-order valence-corrected chi connectivity index (χ2v) is 9.36. The summed E-state index contributed by atoms with van der Waals surface area (Å²) in [7, 11) is 1.60. The van der Waals surface area contributed by atoms with Crippen molar-refractivity contribution in [2.75, 3.05) is 7.11 Å². The van der Waals surface area contributed by atoms with Gasteiger partial charge in [-0.15, -0.1) is 0 Å². The van der Waals surface area contributed by atoms with E-state index >= 15 is 0 Å². The van der Waals surface area contributed by atoms with Gasteiger partial charge >= 0.3 is 5.97 Å². The first-order valence-corrected chi connectivity index (χ1v) is 12.4. The topological polar surface area (TPSA) is 80.2 Å². The fraction of sp³-hybridized carbons (Fsp3) is 0.296. The third-order valence-electron chi connectivity index (χ3n) is 5.67. The van der Waals surface area contributed by atoms with Crippen molar-refractivity contribution in [2.24, 2.45) is 4.99 Å². The predicted molar refractivity (Wildman–Crippen MR) is 138 cm³/mol. The summed E-state index contributed by atoms with van der Waals surface area (Å²) in [6.45, 7) is 5.89. The quantitative estimate of drug-likeness (QED) is 0.528. The molecule has 2 aromatic carbocycles. The van der Waals surface area contributed by atoms with Gasteiger partial charge in [0.25, 0.3) is 0 Å². The number of allylic oxidation sites excluding steroid dienone is 1. The highest BCUT2D eigenvalue weighted by Gasteiger charge is 2.42. The fourth-order valence-electron chi connectivity index (χ4n) is 4.12. The van der Waals surface area contributed by atoms with Gasteiger partial charge in [-0.3, -0.25) is 4.79 Å². The van der Waals surface area contributed by atoms with Gasteiger partial charge in [0, 0.05) is 17.8 Å². The zero-order valence-electron chi connectivity index (χ0n) is 20.3. The van der Waals surface area contributed by atoms with Crippen molar-refractivity contribution in [1.29, 1.82) is 0 Å². The maximum Gasteiger partial charge on any atom is 0.338 e. The van der Waals surface area contributed by atoms with Crippen LogP contribution >= 0.6 is 11.8 Å². The molecule has 0 bridgehead atoms. The van der Waals surface area contributed by atoms with Gasteiger partial charge < -0.3 is 19.7 Å². The number of methoxy groups -OCH3 is 1. The van der Waals surface area contributed by atoms with Crippen LogP contribution < -0.4 is 10.1 Å². The van der Waals surface area contributed by atoms with Gasteiger partial charge in [0.1, 0.15) is 5.75 Å². The largest absolute Gasteiger partial charge is 0.496 e. The number of amides is 1. The smallest absolute Gasteiger partial charge is 0.338 e. The molecule has 0 aromatic heterocycles. The monoisotopic (exact) mass is 491 g/mol. The van der Waals surface area contributed by atoms with Crippen LogP contribution in [0, 0.1) is 0 Å². The standard InChI is InChI=1S/C27H29N3O4S/c1-17(2)34-26(32)24-18(3)29-27-30(25(24)21-12-8-9-13-22(21)33-4)20(16-35-27)14-23(31)28-15-19-10-6-5-7-11-19/h5-13,16-17,25H,14-15H2,1-4H3,(H,28,31). The molecule has 0 radical (unpaired) electrons. The van der Waals surface area contributed by atoms with Crippen molar-refractivity contribution in [3.05, 3.63) is 88.1 Å². The molecule has 182 valence electrons. The third-order valence-corrected chi connectivity index (χ3v) is 6.56. The SMILES string of the molecule is COc1ccccc1C1C(C(=O)OC(C)C)=C(C)N=C2SC=C(CC(=O)NCc3ccccc3)N21. The van der Waals surface area contributed by atoms with Crippen molar-refractivity contribution in [3.63, 3.8) is 0 Å². The molecule has 0 aliphatic carbocycles. The first-order chi connectivity index (χ1) is 16.9. The summed E-state index contributed by atoms with van der Waals surface area (Å²) in [5.41, 5.74) is 3.62. The molecule has 2 aliphatic rings. The van der Waals surface area contributed by atoms with Crippen LogP contribution in [0.5, 0.6) is 5.75 Å². The molecular weight excluding hydrogens is 462 g/mol. The molecule has 0 spiro atoms. The van der Waals surface area contributed by atoms with E-state index in [0.717, 1.165) is 16.8 Å². The number of fused-ring (bicyclic) bond motifs is 1. The Morgan fingerprint density at radius 2 is 1.83 bits per heavy atom. The maximum absolute atomic E-state index is 13.3. The normalized spacial score (nSPS) is 17.1. The molecule has 2 heterocycles. The molecule has 4 rings (SSSR count). The van der Waals surface area contributed by atoms with Crippen LogP contribution in [0.2, 0.25) is 0 Å². The summed E-state index contributed by atoms with van der Waals surface area (Å²) in [6, 6.07) is 16.8. The average Bonchev–Trinajstić information content (AvgIpc) is 3.23. The number of para-hydroxylation sites is 1. The molecule has 0 fully saturated rings. The number of carbonyl (C=O) groups is 2. The number of benzene rings is 2. The molecule has 1 unspecified atom stereocenters. The van der Waals surface area contributed by atoms with Crippen LogP contribution in [0.15, 0.2) is 82.0 Å². The first kappa shape index (κ1) is 24.6. The van der Waals surface area contributed by atoms with E-state index in [2.05, 4.69) is 5.32 Å². The van der Waals surface area contributed by atoms with Gasteiger partial charge in [0.15, 0.2) is 5.17 Å². The van der Waals surface area contributed by atoms with Crippen molar-refractivity contribution in [3.8, 4) is 5.75 Å². The number of hydrogen-bond acceptors (Lipinski definition) is 7. The number of thioether (sulfide) groups is 1. The van der Waals surface area contributed by atoms with E-state index in [0.29, 0.717) is 28.7 Å². The van der Waals surface area contributed by atoms with Gasteiger partial charge in [-0.25, -0.2) is 9.79 Å². The van der Waals surface area contributed by atoms with Crippen molar-refractivity contribution in [2.45, 2.75) is 45.9 Å². The van der Waals surface area contributed by atoms with Crippen molar-refractivity contribution in [1.82, 2.24) is 10.2 Å². The minimum absolute atomic E-state index is 0.113. The van der Waals surface area contributed by atoms with Crippen LogP contribution in [0.1, 0.15) is 44.4 Å². The van der Waals surface area contributed by atoms with E-state index in [1.807, 2.05) is 85.7 Å². The lowest BCUT2D eigenvalue weighted by atomic mass is 9.93. The van der Waals surface area contributed by atoms with Gasteiger partial charge in [0.2, 0.25) is 5.91 Å². The molecule has 1 amide bonds. The second kappa shape index (κ2) is 10.8. The number of nitrogens with zero attached hydrogens (tertiary/aromatic N) is 2. The maximum atomic E-state index is 13.3. The highest BCUT2D eigenvalue weighted by Crippen LogP contribution is 2.46. The van der Waals surface area contributed by atoms with E-state index in [1.165, 1.54) is 11.8 Å². The molecule has 35 heavy (non-hydrogen) atoms. The Balaban J connectivity index is 1.65. The summed E-state index contributed by atoms with van der Waals surface area (Å²) in [5, 5.41) is 5.62. The Labute approximate surface area is 209 Å². The number of rotatable bonds is 8. The van der Waals surface area contributed by atoms with Crippen LogP contribution in [0.25, 0.3) is 0 Å². The van der Waals surface area contributed by atoms with Crippen LogP contribution in [-0.4, -0.2) is 35.2 Å². The number of hydrogen-bond donors (Lipinski definition) is 1. The molecule has 2 aliphatic heterocycles. The third kappa shape index (κ3) is 5.43. The van der Waals surface area contributed by atoms with E-state index in [4.69, 9.17) is 14.5 Å².